The smallest absolute Gasteiger partial charge is 0.238 e. The molecule has 7 heteroatoms. The molecule has 1 amide bonds. The number of hydrogen-bond donors (Lipinski definition) is 1. The Morgan fingerprint density at radius 3 is 2.47 bits per heavy atom. The van der Waals surface area contributed by atoms with Crippen LogP contribution in [0.25, 0.3) is 0 Å². The molecule has 1 saturated carbocycles. The van der Waals surface area contributed by atoms with E-state index in [-0.39, 0.29) is 49.4 Å². The van der Waals surface area contributed by atoms with Crippen LogP contribution in [0.1, 0.15) is 56.1 Å². The van der Waals surface area contributed by atoms with Gasteiger partial charge in [-0.15, -0.1) is 0 Å². The zero-order valence-electron chi connectivity index (χ0n) is 17.5. The van der Waals surface area contributed by atoms with Gasteiger partial charge < -0.3 is 10.0 Å². The van der Waals surface area contributed by atoms with Crippen LogP contribution < -0.4 is 0 Å². The molecule has 2 aliphatic heterocycles. The van der Waals surface area contributed by atoms with Gasteiger partial charge in [-0.2, -0.15) is 4.31 Å². The summed E-state index contributed by atoms with van der Waals surface area (Å²) in [4.78, 5) is 14.2. The number of rotatable bonds is 4. The van der Waals surface area contributed by atoms with Crippen LogP contribution in [-0.4, -0.2) is 66.2 Å². The summed E-state index contributed by atoms with van der Waals surface area (Å²) in [5, 5.41) is 9.88. The van der Waals surface area contributed by atoms with Gasteiger partial charge in [-0.1, -0.05) is 43.2 Å². The molecule has 30 heavy (non-hydrogen) atoms. The van der Waals surface area contributed by atoms with E-state index in [1.807, 2.05) is 24.3 Å². The van der Waals surface area contributed by atoms with Gasteiger partial charge in [-0.3, -0.25) is 4.79 Å². The molecule has 2 saturated heterocycles. The van der Waals surface area contributed by atoms with Crippen molar-refractivity contribution in [3.63, 3.8) is 0 Å². The molecule has 3 aliphatic rings. The zero-order valence-corrected chi connectivity index (χ0v) is 18.3. The monoisotopic (exact) mass is 430 g/mol. The van der Waals surface area contributed by atoms with Gasteiger partial charge in [0.05, 0.1) is 31.0 Å². The van der Waals surface area contributed by atoms with Gasteiger partial charge in [0, 0.05) is 23.9 Å². The van der Waals surface area contributed by atoms with Crippen LogP contribution in [0.15, 0.2) is 24.3 Å². The van der Waals surface area contributed by atoms with Crippen LogP contribution in [-0.2, 0) is 14.8 Å². The lowest BCUT2D eigenvalue weighted by molar-refractivity contribution is -0.158. The maximum atomic E-state index is 12.6. The minimum Gasteiger partial charge on any atom is -0.394 e. The molecular formula is C23H30N2O4S. The number of hydrogen-bond acceptors (Lipinski definition) is 4. The van der Waals surface area contributed by atoms with Crippen molar-refractivity contribution < 1.29 is 18.3 Å². The normalized spacial score (nSPS) is 27.7. The number of aliphatic hydroxyl groups is 1. The van der Waals surface area contributed by atoms with E-state index in [9.17, 15) is 18.3 Å². The van der Waals surface area contributed by atoms with Gasteiger partial charge in [0.25, 0.3) is 0 Å². The maximum absolute atomic E-state index is 12.6. The van der Waals surface area contributed by atoms with Gasteiger partial charge in [0.2, 0.25) is 15.9 Å². The molecule has 0 aromatic heterocycles. The molecule has 162 valence electrons. The number of nitrogens with zero attached hydrogens (tertiary/aromatic N) is 2. The molecule has 6 nitrogen and oxygen atoms in total. The van der Waals surface area contributed by atoms with Gasteiger partial charge >= 0.3 is 0 Å². The summed E-state index contributed by atoms with van der Waals surface area (Å²) in [5.74, 6) is 6.86. The molecule has 0 radical (unpaired) electrons. The van der Waals surface area contributed by atoms with Crippen LogP contribution in [0.5, 0.6) is 0 Å². The third-order valence-electron chi connectivity index (χ3n) is 6.80. The van der Waals surface area contributed by atoms with Crippen molar-refractivity contribution in [2.24, 2.45) is 5.92 Å². The number of carbonyl (C=O) groups excluding carboxylic acids is 1. The zero-order chi connectivity index (χ0) is 21.3. The molecule has 3 fully saturated rings. The molecule has 1 N–H and O–H groups in total. The molecule has 1 aromatic carbocycles. The first-order valence-electron chi connectivity index (χ1n) is 11.0. The van der Waals surface area contributed by atoms with Crippen LogP contribution in [0.3, 0.4) is 0 Å². The van der Waals surface area contributed by atoms with E-state index >= 15 is 0 Å². The number of amides is 1. The Morgan fingerprint density at radius 2 is 1.83 bits per heavy atom. The maximum Gasteiger partial charge on any atom is 0.238 e. The second kappa shape index (κ2) is 8.70. The fourth-order valence-electron chi connectivity index (χ4n) is 5.09. The highest BCUT2D eigenvalue weighted by molar-refractivity contribution is 7.89. The third kappa shape index (κ3) is 4.01. The van der Waals surface area contributed by atoms with Crippen LogP contribution in [0.2, 0.25) is 0 Å². The first-order valence-corrected chi connectivity index (χ1v) is 12.6. The van der Waals surface area contributed by atoms with Gasteiger partial charge in [0.1, 0.15) is 0 Å². The molecule has 3 atom stereocenters. The van der Waals surface area contributed by atoms with Crippen molar-refractivity contribution in [3.8, 4) is 11.8 Å². The molecule has 1 aliphatic carbocycles. The third-order valence-corrected chi connectivity index (χ3v) is 8.60. The van der Waals surface area contributed by atoms with Gasteiger partial charge in [0.15, 0.2) is 0 Å². The highest BCUT2D eigenvalue weighted by atomic mass is 32.2. The number of carbonyl (C=O) groups is 1. The van der Waals surface area contributed by atoms with Crippen molar-refractivity contribution in [2.45, 2.75) is 57.0 Å². The van der Waals surface area contributed by atoms with Crippen LogP contribution in [0.4, 0.5) is 0 Å². The topological polar surface area (TPSA) is 77.9 Å². The van der Waals surface area contributed by atoms with Crippen LogP contribution in [0, 0.1) is 17.8 Å². The summed E-state index contributed by atoms with van der Waals surface area (Å²) in [6, 6.07) is 7.47. The summed E-state index contributed by atoms with van der Waals surface area (Å²) in [7, 11) is -3.43. The molecule has 0 unspecified atom stereocenters. The predicted molar refractivity (Wildman–Crippen MR) is 115 cm³/mol. The van der Waals surface area contributed by atoms with Crippen molar-refractivity contribution in [3.05, 3.63) is 35.4 Å². The van der Waals surface area contributed by atoms with Crippen molar-refractivity contribution in [2.75, 3.05) is 25.4 Å². The fraction of sp³-hybridized carbons (Fsp3) is 0.609. The highest BCUT2D eigenvalue weighted by Crippen LogP contribution is 2.43. The average Bonchev–Trinajstić information content (AvgIpc) is 2.75. The second-order valence-corrected chi connectivity index (χ2v) is 10.8. The Balaban J connectivity index is 1.51. The highest BCUT2D eigenvalue weighted by Gasteiger charge is 2.55. The van der Waals surface area contributed by atoms with Crippen molar-refractivity contribution >= 4 is 15.9 Å². The lowest BCUT2D eigenvalue weighted by Crippen LogP contribution is -2.73. The second-order valence-electron chi connectivity index (χ2n) is 8.56. The number of piperazine rings is 1. The Labute approximate surface area is 179 Å². The SMILES string of the molecule is CCS(=O)(=O)N1CC(=O)N2[C@H](CO)[C@@H](c3ccc(C#CC4CCCCC4)cc3)[C@H]2C1. The quantitative estimate of drug-likeness (QED) is 0.741. The molecule has 0 bridgehead atoms. The van der Waals surface area contributed by atoms with E-state index < -0.39 is 10.0 Å². The fourth-order valence-corrected chi connectivity index (χ4v) is 6.14. The van der Waals surface area contributed by atoms with Crippen molar-refractivity contribution in [1.82, 2.24) is 9.21 Å². The molecule has 2 heterocycles. The average molecular weight is 431 g/mol. The minimum absolute atomic E-state index is 0.0184. The largest absolute Gasteiger partial charge is 0.394 e. The number of sulfonamides is 1. The summed E-state index contributed by atoms with van der Waals surface area (Å²) in [6.07, 6.45) is 6.23. The van der Waals surface area contributed by atoms with E-state index in [0.29, 0.717) is 5.92 Å². The standard InChI is InChI=1S/C23H30N2O4S/c1-2-30(28,29)24-14-20-23(21(16-26)25(20)22(27)15-24)19-12-10-18(11-13-19)9-8-17-6-4-3-5-7-17/h10-13,17,20-21,23,26H,2-7,14-16H2,1H3/t20-,21-,23+/m1/s1. The minimum atomic E-state index is -3.43. The summed E-state index contributed by atoms with van der Waals surface area (Å²) < 4.78 is 25.9. The molecule has 0 spiro atoms. The van der Waals surface area contributed by atoms with E-state index in [1.165, 1.54) is 36.4 Å². The number of benzene rings is 1. The first kappa shape index (κ1) is 21.4. The Hall–Kier alpha value is -1.88. The Morgan fingerprint density at radius 1 is 1.13 bits per heavy atom. The summed E-state index contributed by atoms with van der Waals surface area (Å²) >= 11 is 0. The van der Waals surface area contributed by atoms with E-state index in [4.69, 9.17) is 0 Å². The van der Waals surface area contributed by atoms with E-state index in [0.717, 1.165) is 11.1 Å². The lowest BCUT2D eigenvalue weighted by Gasteiger charge is -2.58. The van der Waals surface area contributed by atoms with Gasteiger partial charge in [-0.05, 0) is 37.5 Å². The molecule has 4 rings (SSSR count). The Bertz CT molecular complexity index is 942. The number of aliphatic hydroxyl groups excluding tert-OH is 1. The summed E-state index contributed by atoms with van der Waals surface area (Å²) in [6.45, 7) is 1.61. The lowest BCUT2D eigenvalue weighted by atomic mass is 9.74. The van der Waals surface area contributed by atoms with E-state index in [1.54, 1.807) is 11.8 Å². The molecular weight excluding hydrogens is 400 g/mol. The molecule has 1 aromatic rings. The van der Waals surface area contributed by atoms with Gasteiger partial charge in [-0.25, -0.2) is 8.42 Å². The first-order chi connectivity index (χ1) is 14.4. The predicted octanol–water partition coefficient (Wildman–Crippen LogP) is 1.94. The van der Waals surface area contributed by atoms with Crippen molar-refractivity contribution in [1.29, 1.82) is 0 Å². The van der Waals surface area contributed by atoms with E-state index in [2.05, 4.69) is 11.8 Å². The number of fused-ring (bicyclic) bond motifs is 1. The van der Waals surface area contributed by atoms with Crippen LogP contribution >= 0.6 is 0 Å². The Kier molecular flexibility index (Phi) is 6.19. The summed E-state index contributed by atoms with van der Waals surface area (Å²) in [5.41, 5.74) is 1.98.